The number of aliphatic imine (C=N–C) groups is 1. The van der Waals surface area contributed by atoms with Crippen LogP contribution in [0.5, 0.6) is 11.5 Å². The van der Waals surface area contributed by atoms with Gasteiger partial charge in [-0.3, -0.25) is 0 Å². The van der Waals surface area contributed by atoms with Crippen molar-refractivity contribution in [3.05, 3.63) is 47.8 Å². The van der Waals surface area contributed by atoms with Crippen LogP contribution >= 0.6 is 0 Å². The normalized spacial score (nSPS) is 18.4. The van der Waals surface area contributed by atoms with Gasteiger partial charge in [-0.15, -0.1) is 0 Å². The van der Waals surface area contributed by atoms with Crippen LogP contribution < -0.4 is 10.1 Å². The maximum atomic E-state index is 14.6. The van der Waals surface area contributed by atoms with E-state index in [1.807, 2.05) is 6.07 Å². The van der Waals surface area contributed by atoms with E-state index in [0.29, 0.717) is 6.20 Å². The van der Waals surface area contributed by atoms with Crippen molar-refractivity contribution in [1.29, 1.82) is 5.26 Å². The summed E-state index contributed by atoms with van der Waals surface area (Å²) in [7, 11) is 0. The van der Waals surface area contributed by atoms with Crippen molar-refractivity contribution in [2.24, 2.45) is 10.4 Å². The monoisotopic (exact) mass is 467 g/mol. The first-order chi connectivity index (χ1) is 15.7. The number of nitrogens with one attached hydrogen (secondary N) is 2. The lowest BCUT2D eigenvalue weighted by atomic mass is 9.92. The number of aliphatic hydroxyl groups is 1. The number of hydrogen-bond donors (Lipinski definition) is 3. The Morgan fingerprint density at radius 2 is 2.03 bits per heavy atom. The van der Waals surface area contributed by atoms with Gasteiger partial charge in [-0.05, 0) is 6.07 Å². The van der Waals surface area contributed by atoms with Gasteiger partial charge in [0.1, 0.15) is 23.4 Å². The first-order valence-corrected chi connectivity index (χ1v) is 9.32. The van der Waals surface area contributed by atoms with Crippen molar-refractivity contribution in [3.63, 3.8) is 0 Å². The number of anilines is 1. The van der Waals surface area contributed by atoms with Gasteiger partial charge in [-0.1, -0.05) is 0 Å². The molecule has 3 aromatic rings. The zero-order chi connectivity index (χ0) is 23.8. The third kappa shape index (κ3) is 4.24. The minimum Gasteiger partial charge on any atom is -0.463 e. The highest BCUT2D eigenvalue weighted by molar-refractivity contribution is 5.90. The van der Waals surface area contributed by atoms with E-state index in [4.69, 9.17) is 14.7 Å². The van der Waals surface area contributed by atoms with E-state index in [1.54, 1.807) is 0 Å². The van der Waals surface area contributed by atoms with Gasteiger partial charge >= 0.3 is 6.18 Å². The number of benzene rings is 1. The molecule has 0 radical (unpaired) electrons. The largest absolute Gasteiger partial charge is 0.463 e. The Bertz CT molecular complexity index is 1260. The number of H-pyrrole nitrogens is 1. The van der Waals surface area contributed by atoms with Crippen LogP contribution in [0.4, 0.5) is 27.6 Å². The number of aromatic amines is 1. The summed E-state index contributed by atoms with van der Waals surface area (Å²) in [4.78, 5) is 10.1. The van der Waals surface area contributed by atoms with Gasteiger partial charge < -0.3 is 24.9 Å². The van der Waals surface area contributed by atoms with Crippen molar-refractivity contribution >= 4 is 22.7 Å². The SMILES string of the molecule is N#C[C@@]1(CO)CN=C(Nc2cc(F)c(Oc3ccnc4[nH]cc(C(F)(F)F)c34)c(F)c2)OC1. The number of ether oxygens (including phenoxy) is 2. The Morgan fingerprint density at radius 1 is 1.30 bits per heavy atom. The fourth-order valence-corrected chi connectivity index (χ4v) is 3.09. The second kappa shape index (κ2) is 8.21. The van der Waals surface area contributed by atoms with Gasteiger partial charge in [0.25, 0.3) is 6.02 Å². The third-order valence-electron chi connectivity index (χ3n) is 4.85. The Balaban J connectivity index is 1.60. The highest BCUT2D eigenvalue weighted by atomic mass is 19.4. The fourth-order valence-electron chi connectivity index (χ4n) is 3.09. The summed E-state index contributed by atoms with van der Waals surface area (Å²) in [5, 5.41) is 20.4. The molecule has 8 nitrogen and oxygen atoms in total. The molecule has 1 aromatic carbocycles. The Morgan fingerprint density at radius 3 is 2.61 bits per heavy atom. The Labute approximate surface area is 182 Å². The third-order valence-corrected chi connectivity index (χ3v) is 4.85. The van der Waals surface area contributed by atoms with Gasteiger partial charge in [0.05, 0.1) is 30.2 Å². The topological polar surface area (TPSA) is 116 Å². The predicted molar refractivity (Wildman–Crippen MR) is 105 cm³/mol. The van der Waals surface area contributed by atoms with Crippen LogP contribution in [-0.4, -0.2) is 40.9 Å². The first kappa shape index (κ1) is 22.3. The number of pyridine rings is 1. The number of aliphatic hydroxyl groups excluding tert-OH is 1. The number of rotatable bonds is 4. The Kier molecular flexibility index (Phi) is 5.54. The minimum absolute atomic E-state index is 0.0925. The average molecular weight is 467 g/mol. The van der Waals surface area contributed by atoms with Gasteiger partial charge in [0.2, 0.25) is 0 Å². The van der Waals surface area contributed by atoms with Crippen LogP contribution in [-0.2, 0) is 10.9 Å². The molecule has 13 heteroatoms. The molecular formula is C20H14F5N5O3. The number of fused-ring (bicyclic) bond motifs is 1. The number of alkyl halides is 3. The van der Waals surface area contributed by atoms with Crippen molar-refractivity contribution in [3.8, 4) is 17.6 Å². The van der Waals surface area contributed by atoms with Gasteiger partial charge in [0, 0.05) is 30.2 Å². The summed E-state index contributed by atoms with van der Waals surface area (Å²) >= 11 is 0. The second-order valence-corrected chi connectivity index (χ2v) is 7.19. The van der Waals surface area contributed by atoms with Crippen LogP contribution in [0, 0.1) is 28.4 Å². The number of halogens is 5. The fraction of sp³-hybridized carbons (Fsp3) is 0.250. The predicted octanol–water partition coefficient (Wildman–Crippen LogP) is 3.95. The summed E-state index contributed by atoms with van der Waals surface area (Å²) in [6, 6.07) is 4.51. The molecule has 0 saturated heterocycles. The summed E-state index contributed by atoms with van der Waals surface area (Å²) in [6.07, 6.45) is -2.93. The standard InChI is InChI=1S/C20H14F5N5O3/c21-12-3-10(30-18-29-7-19(6-26,8-31)9-32-18)4-13(22)16(12)33-14-1-2-27-17-15(14)11(5-28-17)20(23,24)25/h1-5,31H,7-9H2,(H,27,28)(H,29,30)/t19-/m0/s1. The number of amidine groups is 1. The van der Waals surface area contributed by atoms with E-state index >= 15 is 0 Å². The van der Waals surface area contributed by atoms with Crippen molar-refractivity contribution < 1.29 is 36.5 Å². The van der Waals surface area contributed by atoms with E-state index in [9.17, 15) is 27.1 Å². The van der Waals surface area contributed by atoms with Crippen molar-refractivity contribution in [2.45, 2.75) is 6.18 Å². The molecule has 3 N–H and O–H groups in total. The summed E-state index contributed by atoms with van der Waals surface area (Å²) in [5.41, 5.74) is -2.59. The van der Waals surface area contributed by atoms with Crippen LogP contribution in [0.25, 0.3) is 11.0 Å². The highest BCUT2D eigenvalue weighted by Gasteiger charge is 2.36. The smallest absolute Gasteiger partial charge is 0.418 e. The molecule has 1 atom stereocenters. The van der Waals surface area contributed by atoms with E-state index < -0.39 is 52.3 Å². The molecule has 0 unspecified atom stereocenters. The molecule has 0 fully saturated rings. The van der Waals surface area contributed by atoms with Crippen LogP contribution in [0.2, 0.25) is 0 Å². The molecular weight excluding hydrogens is 453 g/mol. The molecule has 0 aliphatic carbocycles. The number of nitriles is 1. The first-order valence-electron chi connectivity index (χ1n) is 9.32. The van der Waals surface area contributed by atoms with E-state index in [0.717, 1.165) is 24.4 Å². The maximum Gasteiger partial charge on any atom is 0.418 e. The maximum absolute atomic E-state index is 14.6. The average Bonchev–Trinajstić information content (AvgIpc) is 3.23. The molecule has 0 saturated carbocycles. The molecule has 0 bridgehead atoms. The van der Waals surface area contributed by atoms with E-state index in [2.05, 4.69) is 20.3 Å². The van der Waals surface area contributed by atoms with Crippen LogP contribution in [0.1, 0.15) is 5.56 Å². The van der Waals surface area contributed by atoms with E-state index in [-0.39, 0.29) is 30.5 Å². The Hall–Kier alpha value is -3.92. The number of nitrogens with zero attached hydrogens (tertiary/aromatic N) is 3. The molecule has 1 aliphatic rings. The lowest BCUT2D eigenvalue weighted by molar-refractivity contribution is -0.136. The molecule has 1 aliphatic heterocycles. The van der Waals surface area contributed by atoms with Gasteiger partial charge in [0.15, 0.2) is 17.4 Å². The molecule has 3 heterocycles. The molecule has 33 heavy (non-hydrogen) atoms. The summed E-state index contributed by atoms with van der Waals surface area (Å²) in [6.45, 7) is -0.756. The lowest BCUT2D eigenvalue weighted by Crippen LogP contribution is -2.39. The molecule has 4 rings (SSSR count). The highest BCUT2D eigenvalue weighted by Crippen LogP contribution is 2.41. The lowest BCUT2D eigenvalue weighted by Gasteiger charge is -2.27. The van der Waals surface area contributed by atoms with Gasteiger partial charge in [-0.2, -0.15) is 18.4 Å². The van der Waals surface area contributed by atoms with Gasteiger partial charge in [-0.25, -0.2) is 18.8 Å². The van der Waals surface area contributed by atoms with Crippen LogP contribution in [0.3, 0.4) is 0 Å². The molecule has 0 amide bonds. The van der Waals surface area contributed by atoms with Crippen molar-refractivity contribution in [1.82, 2.24) is 9.97 Å². The summed E-state index contributed by atoms with van der Waals surface area (Å²) in [5.74, 6) is -3.77. The van der Waals surface area contributed by atoms with Crippen molar-refractivity contribution in [2.75, 3.05) is 25.1 Å². The molecule has 2 aromatic heterocycles. The number of hydrogen-bond acceptors (Lipinski definition) is 7. The zero-order valence-electron chi connectivity index (χ0n) is 16.5. The minimum atomic E-state index is -4.75. The summed E-state index contributed by atoms with van der Waals surface area (Å²) < 4.78 is 79.5. The van der Waals surface area contributed by atoms with E-state index in [1.165, 1.54) is 0 Å². The van der Waals surface area contributed by atoms with Crippen LogP contribution in [0.15, 0.2) is 35.6 Å². The second-order valence-electron chi connectivity index (χ2n) is 7.19. The molecule has 0 spiro atoms. The zero-order valence-corrected chi connectivity index (χ0v) is 16.5. The molecule has 172 valence electrons. The number of aromatic nitrogens is 2. The quantitative estimate of drug-likeness (QED) is 0.501.